The molecule has 0 unspecified atom stereocenters. The lowest BCUT2D eigenvalue weighted by Crippen LogP contribution is -2.36. The number of halogens is 2. The van der Waals surface area contributed by atoms with E-state index in [1.165, 1.54) is 16.8 Å². The van der Waals surface area contributed by atoms with Crippen LogP contribution in [0, 0.1) is 10.1 Å². The minimum absolute atomic E-state index is 0.0204. The third-order valence-corrected chi connectivity index (χ3v) is 6.33. The predicted molar refractivity (Wildman–Crippen MR) is 120 cm³/mol. The quantitative estimate of drug-likeness (QED) is 0.255. The summed E-state index contributed by atoms with van der Waals surface area (Å²) < 4.78 is 1.28. The van der Waals surface area contributed by atoms with Gasteiger partial charge < -0.3 is 10.7 Å². The normalized spacial score (nSPS) is 13.2. The van der Waals surface area contributed by atoms with Gasteiger partial charge in [0.2, 0.25) is 11.1 Å². The van der Waals surface area contributed by atoms with E-state index >= 15 is 0 Å². The molecule has 0 saturated heterocycles. The van der Waals surface area contributed by atoms with Gasteiger partial charge in [-0.1, -0.05) is 35.0 Å². The molecule has 9 nitrogen and oxygen atoms in total. The summed E-state index contributed by atoms with van der Waals surface area (Å²) >= 11 is 13.3. The molecule has 2 N–H and O–H groups in total. The maximum atomic E-state index is 12.9. The number of nitro groups is 1. The van der Waals surface area contributed by atoms with E-state index in [-0.39, 0.29) is 17.3 Å². The number of rotatable bonds is 5. The molecule has 2 aromatic carbocycles. The van der Waals surface area contributed by atoms with Gasteiger partial charge in [0, 0.05) is 35.0 Å². The van der Waals surface area contributed by atoms with E-state index in [9.17, 15) is 14.9 Å². The van der Waals surface area contributed by atoms with Crippen LogP contribution in [0.3, 0.4) is 0 Å². The second-order valence-corrected chi connectivity index (χ2v) is 8.59. The molecule has 0 radical (unpaired) electrons. The number of benzene rings is 2. The Hall–Kier alpha value is -2.82. The van der Waals surface area contributed by atoms with E-state index in [1.807, 2.05) is 0 Å². The first-order valence-corrected chi connectivity index (χ1v) is 11.0. The van der Waals surface area contributed by atoms with Crippen LogP contribution >= 0.6 is 35.0 Å². The number of amides is 1. The van der Waals surface area contributed by atoms with Crippen molar-refractivity contribution < 1.29 is 9.72 Å². The molecule has 0 spiro atoms. The molecule has 3 aromatic rings. The van der Waals surface area contributed by atoms with Gasteiger partial charge in [0.15, 0.2) is 5.82 Å². The monoisotopic (exact) mass is 478 g/mol. The van der Waals surface area contributed by atoms with Crippen molar-refractivity contribution in [2.45, 2.75) is 18.0 Å². The SMILES string of the molecule is Nn1c(SCC(=O)N2CCCc3cc([N+](=O)[O-])ccc32)nnc1-c1ccc(Cl)cc1Cl. The maximum absolute atomic E-state index is 12.9. The van der Waals surface area contributed by atoms with Crippen molar-refractivity contribution in [3.63, 3.8) is 0 Å². The Morgan fingerprint density at radius 2 is 2.03 bits per heavy atom. The number of non-ortho nitro benzene ring substituents is 1. The number of thioether (sulfide) groups is 1. The Morgan fingerprint density at radius 1 is 1.23 bits per heavy atom. The Bertz CT molecular complexity index is 1190. The van der Waals surface area contributed by atoms with Crippen LogP contribution in [-0.2, 0) is 11.2 Å². The minimum Gasteiger partial charge on any atom is -0.335 e. The van der Waals surface area contributed by atoms with Crippen molar-refractivity contribution in [2.75, 3.05) is 23.0 Å². The standard InChI is InChI=1S/C19H16Cl2N6O3S/c20-12-3-5-14(15(21)9-12)18-23-24-19(26(18)22)31-10-17(28)25-7-1-2-11-8-13(27(29)30)4-6-16(11)25/h3-6,8-9H,1-2,7,10,22H2. The van der Waals surface area contributed by atoms with Crippen molar-refractivity contribution in [2.24, 2.45) is 0 Å². The molecule has 1 aliphatic rings. The number of anilines is 1. The van der Waals surface area contributed by atoms with Gasteiger partial charge in [-0.05, 0) is 42.7 Å². The summed E-state index contributed by atoms with van der Waals surface area (Å²) in [4.78, 5) is 25.1. The molecule has 31 heavy (non-hydrogen) atoms. The van der Waals surface area contributed by atoms with Crippen LogP contribution in [0.2, 0.25) is 10.0 Å². The number of nitrogen functional groups attached to an aromatic ring is 1. The molecule has 1 aliphatic heterocycles. The summed E-state index contributed by atoms with van der Waals surface area (Å²) in [5, 5.41) is 20.4. The lowest BCUT2D eigenvalue weighted by molar-refractivity contribution is -0.384. The van der Waals surface area contributed by atoms with Gasteiger partial charge in [-0.3, -0.25) is 14.9 Å². The number of aryl methyl sites for hydroxylation is 1. The highest BCUT2D eigenvalue weighted by molar-refractivity contribution is 7.99. The molecule has 0 saturated carbocycles. The Kier molecular flexibility index (Phi) is 6.03. The first-order valence-electron chi connectivity index (χ1n) is 9.21. The molecule has 0 bridgehead atoms. The molecule has 4 rings (SSSR count). The summed E-state index contributed by atoms with van der Waals surface area (Å²) in [6.07, 6.45) is 1.42. The number of nitrogens with zero attached hydrogens (tertiary/aromatic N) is 5. The molecule has 0 atom stereocenters. The van der Waals surface area contributed by atoms with Crippen LogP contribution in [-0.4, -0.2) is 38.0 Å². The smallest absolute Gasteiger partial charge is 0.269 e. The van der Waals surface area contributed by atoms with Crippen molar-refractivity contribution in [3.05, 3.63) is 62.1 Å². The Balaban J connectivity index is 1.49. The number of aromatic nitrogens is 3. The summed E-state index contributed by atoms with van der Waals surface area (Å²) in [5.41, 5.74) is 2.09. The molecule has 1 aromatic heterocycles. The highest BCUT2D eigenvalue weighted by atomic mass is 35.5. The number of carbonyl (C=O) groups excluding carboxylic acids is 1. The number of fused-ring (bicyclic) bond motifs is 1. The molecule has 2 heterocycles. The highest BCUT2D eigenvalue weighted by Crippen LogP contribution is 2.32. The van der Waals surface area contributed by atoms with Gasteiger partial charge >= 0.3 is 0 Å². The summed E-state index contributed by atoms with van der Waals surface area (Å²) in [6.45, 7) is 0.547. The molecule has 0 fully saturated rings. The fourth-order valence-corrected chi connectivity index (χ4v) is 4.62. The number of hydrogen-bond donors (Lipinski definition) is 1. The van der Waals surface area contributed by atoms with E-state index in [0.717, 1.165) is 23.7 Å². The van der Waals surface area contributed by atoms with Crippen LogP contribution in [0.5, 0.6) is 0 Å². The van der Waals surface area contributed by atoms with Crippen LogP contribution in [0.25, 0.3) is 11.4 Å². The topological polar surface area (TPSA) is 120 Å². The van der Waals surface area contributed by atoms with Gasteiger partial charge in [0.1, 0.15) is 0 Å². The van der Waals surface area contributed by atoms with E-state index in [0.29, 0.717) is 45.2 Å². The van der Waals surface area contributed by atoms with Gasteiger partial charge in [-0.2, -0.15) is 0 Å². The van der Waals surface area contributed by atoms with Gasteiger partial charge in [0.25, 0.3) is 5.69 Å². The number of hydrogen-bond acceptors (Lipinski definition) is 7. The lowest BCUT2D eigenvalue weighted by atomic mass is 10.0. The molecule has 0 aliphatic carbocycles. The van der Waals surface area contributed by atoms with Gasteiger partial charge in [-0.15, -0.1) is 10.2 Å². The summed E-state index contributed by atoms with van der Waals surface area (Å²) in [6, 6.07) is 9.52. The van der Waals surface area contributed by atoms with Crippen LogP contribution in [0.4, 0.5) is 11.4 Å². The highest BCUT2D eigenvalue weighted by Gasteiger charge is 2.25. The van der Waals surface area contributed by atoms with E-state index in [1.54, 1.807) is 29.2 Å². The van der Waals surface area contributed by atoms with Crippen molar-refractivity contribution >= 4 is 52.2 Å². The fraction of sp³-hybridized carbons (Fsp3) is 0.211. The zero-order valence-corrected chi connectivity index (χ0v) is 18.3. The maximum Gasteiger partial charge on any atom is 0.269 e. The molecular weight excluding hydrogens is 463 g/mol. The van der Waals surface area contributed by atoms with E-state index in [2.05, 4.69) is 10.2 Å². The summed E-state index contributed by atoms with van der Waals surface area (Å²) in [7, 11) is 0. The zero-order valence-electron chi connectivity index (χ0n) is 16.0. The van der Waals surface area contributed by atoms with E-state index in [4.69, 9.17) is 29.0 Å². The zero-order chi connectivity index (χ0) is 22.1. The average molecular weight is 479 g/mol. The van der Waals surface area contributed by atoms with Crippen molar-refractivity contribution in [1.82, 2.24) is 14.9 Å². The molecule has 12 heteroatoms. The van der Waals surface area contributed by atoms with Crippen LogP contribution < -0.4 is 10.7 Å². The lowest BCUT2D eigenvalue weighted by Gasteiger charge is -2.29. The van der Waals surface area contributed by atoms with Gasteiger partial charge in [-0.25, -0.2) is 4.68 Å². The number of nitro benzene ring substituents is 1. The van der Waals surface area contributed by atoms with E-state index < -0.39 is 4.92 Å². The van der Waals surface area contributed by atoms with Crippen LogP contribution in [0.1, 0.15) is 12.0 Å². The average Bonchev–Trinajstić information content (AvgIpc) is 3.11. The fourth-order valence-electron chi connectivity index (χ4n) is 3.39. The number of carbonyl (C=O) groups is 1. The first kappa shape index (κ1) is 21.4. The Morgan fingerprint density at radius 3 is 2.77 bits per heavy atom. The predicted octanol–water partition coefficient (Wildman–Crippen LogP) is 3.95. The third kappa shape index (κ3) is 4.32. The second-order valence-electron chi connectivity index (χ2n) is 6.81. The molecular formula is C19H16Cl2N6O3S. The third-order valence-electron chi connectivity index (χ3n) is 4.85. The minimum atomic E-state index is -0.435. The first-order chi connectivity index (χ1) is 14.8. The van der Waals surface area contributed by atoms with Crippen LogP contribution in [0.15, 0.2) is 41.6 Å². The van der Waals surface area contributed by atoms with Gasteiger partial charge in [0.05, 0.1) is 15.7 Å². The molecule has 160 valence electrons. The summed E-state index contributed by atoms with van der Waals surface area (Å²) in [5.74, 6) is 6.41. The molecule has 1 amide bonds. The second kappa shape index (κ2) is 8.74. The van der Waals surface area contributed by atoms with Crippen molar-refractivity contribution in [3.8, 4) is 11.4 Å². The number of nitrogens with two attached hydrogens (primary N) is 1. The largest absolute Gasteiger partial charge is 0.335 e. The van der Waals surface area contributed by atoms with Crippen molar-refractivity contribution in [1.29, 1.82) is 0 Å². The Labute approximate surface area is 191 Å².